The van der Waals surface area contributed by atoms with Gasteiger partial charge >= 0.3 is 0 Å². The summed E-state index contributed by atoms with van der Waals surface area (Å²) < 4.78 is 0. The van der Waals surface area contributed by atoms with Crippen molar-refractivity contribution in [1.29, 1.82) is 0 Å². The van der Waals surface area contributed by atoms with Crippen molar-refractivity contribution in [3.8, 4) is 0 Å². The summed E-state index contributed by atoms with van der Waals surface area (Å²) in [5.74, 6) is 0.159. The molecule has 0 bridgehead atoms. The number of nitrogens with zero attached hydrogens (tertiary/aromatic N) is 1. The molecule has 160 valence electrons. The van der Waals surface area contributed by atoms with Crippen molar-refractivity contribution in [1.82, 2.24) is 20.9 Å². The van der Waals surface area contributed by atoms with E-state index in [1.807, 2.05) is 41.8 Å². The summed E-state index contributed by atoms with van der Waals surface area (Å²) in [6.07, 6.45) is 2.00. The van der Waals surface area contributed by atoms with Crippen molar-refractivity contribution < 1.29 is 9.59 Å². The molecule has 2 aromatic rings. The van der Waals surface area contributed by atoms with Crippen LogP contribution in [0, 0.1) is 0 Å². The molecule has 1 aromatic carbocycles. The predicted octanol–water partition coefficient (Wildman–Crippen LogP) is 2.53. The second-order valence-corrected chi connectivity index (χ2v) is 9.42. The Labute approximate surface area is 186 Å². The first kappa shape index (κ1) is 21.3. The van der Waals surface area contributed by atoms with Crippen molar-refractivity contribution in [2.75, 3.05) is 13.1 Å². The maximum absolute atomic E-state index is 12.4. The van der Waals surface area contributed by atoms with Gasteiger partial charge in [-0.1, -0.05) is 29.8 Å². The number of hydrogen-bond acceptors (Lipinski definition) is 5. The summed E-state index contributed by atoms with van der Waals surface area (Å²) in [5, 5.41) is 12.3. The minimum atomic E-state index is -0.116. The molecule has 3 unspecified atom stereocenters. The molecule has 2 amide bonds. The molecule has 0 spiro atoms. The Bertz CT molecular complexity index is 876. The van der Waals surface area contributed by atoms with Gasteiger partial charge in [-0.2, -0.15) is 0 Å². The molecule has 4 rings (SSSR count). The third kappa shape index (κ3) is 5.40. The van der Waals surface area contributed by atoms with Crippen LogP contribution in [0.25, 0.3) is 0 Å². The van der Waals surface area contributed by atoms with Gasteiger partial charge in [-0.25, -0.2) is 0 Å². The number of carbonyl (C=O) groups is 2. The molecular formula is C22H27ClN4O2S. The van der Waals surface area contributed by atoms with E-state index in [2.05, 4.69) is 20.9 Å². The first-order valence-corrected chi connectivity index (χ1v) is 11.6. The van der Waals surface area contributed by atoms with E-state index in [0.717, 1.165) is 41.4 Å². The van der Waals surface area contributed by atoms with Gasteiger partial charge in [0, 0.05) is 48.0 Å². The fourth-order valence-corrected chi connectivity index (χ4v) is 5.14. The highest BCUT2D eigenvalue weighted by atomic mass is 35.5. The molecule has 8 heteroatoms. The molecule has 3 heterocycles. The van der Waals surface area contributed by atoms with Crippen LogP contribution in [0.1, 0.15) is 29.7 Å². The van der Waals surface area contributed by atoms with Crippen LogP contribution in [-0.2, 0) is 22.7 Å². The first-order chi connectivity index (χ1) is 14.6. The number of amides is 2. The van der Waals surface area contributed by atoms with Crippen LogP contribution >= 0.6 is 22.9 Å². The largest absolute Gasteiger partial charge is 0.353 e. The topological polar surface area (TPSA) is 73.5 Å². The van der Waals surface area contributed by atoms with Crippen LogP contribution in [0.5, 0.6) is 0 Å². The minimum Gasteiger partial charge on any atom is -0.353 e. The highest BCUT2D eigenvalue weighted by Crippen LogP contribution is 2.26. The number of thiophene rings is 1. The molecule has 2 fully saturated rings. The molecule has 0 radical (unpaired) electrons. The van der Waals surface area contributed by atoms with Crippen molar-refractivity contribution in [3.63, 3.8) is 0 Å². The molecule has 6 nitrogen and oxygen atoms in total. The number of halogens is 1. The molecule has 0 aliphatic carbocycles. The Kier molecular flexibility index (Phi) is 7.04. The standard InChI is InChI=1S/C22H27ClN4O2S/c23-16-4-1-3-15(9-16)11-24-17-10-20-22(29)26-12-18(27(20)14-17)6-7-21(28)25-13-19-5-2-8-30-19/h1-5,8-9,17-18,20,24H,6-7,10-14H2,(H,25,28)(H,26,29). The Morgan fingerprint density at radius 3 is 2.97 bits per heavy atom. The first-order valence-electron chi connectivity index (χ1n) is 10.4. The molecule has 1 aromatic heterocycles. The molecule has 30 heavy (non-hydrogen) atoms. The lowest BCUT2D eigenvalue weighted by molar-refractivity contribution is -0.129. The summed E-state index contributed by atoms with van der Waals surface area (Å²) in [6.45, 7) is 2.73. The molecule has 2 saturated heterocycles. The van der Waals surface area contributed by atoms with Crippen molar-refractivity contribution in [2.45, 2.75) is 50.5 Å². The van der Waals surface area contributed by atoms with Gasteiger partial charge in [0.15, 0.2) is 0 Å². The quantitative estimate of drug-likeness (QED) is 0.582. The zero-order valence-corrected chi connectivity index (χ0v) is 18.3. The van der Waals surface area contributed by atoms with E-state index in [-0.39, 0.29) is 29.9 Å². The second kappa shape index (κ2) is 9.92. The van der Waals surface area contributed by atoms with Crippen LogP contribution < -0.4 is 16.0 Å². The maximum atomic E-state index is 12.4. The van der Waals surface area contributed by atoms with Crippen molar-refractivity contribution in [3.05, 3.63) is 57.2 Å². The van der Waals surface area contributed by atoms with E-state index in [1.165, 1.54) is 0 Å². The summed E-state index contributed by atoms with van der Waals surface area (Å²) in [5.41, 5.74) is 1.13. The van der Waals surface area contributed by atoms with Gasteiger partial charge in [0.25, 0.3) is 0 Å². The van der Waals surface area contributed by atoms with Crippen molar-refractivity contribution >= 4 is 34.8 Å². The average Bonchev–Trinajstić information content (AvgIpc) is 3.41. The Balaban J connectivity index is 1.27. The van der Waals surface area contributed by atoms with Gasteiger partial charge in [-0.15, -0.1) is 11.3 Å². The fraction of sp³-hybridized carbons (Fsp3) is 0.455. The third-order valence-electron chi connectivity index (χ3n) is 5.85. The Morgan fingerprint density at radius 2 is 2.17 bits per heavy atom. The fourth-order valence-electron chi connectivity index (χ4n) is 4.29. The highest BCUT2D eigenvalue weighted by Gasteiger charge is 2.43. The average molecular weight is 447 g/mol. The zero-order chi connectivity index (χ0) is 20.9. The Hall–Kier alpha value is -1.93. The SMILES string of the molecule is O=C(CCC1CNC(=O)C2CC(NCc3cccc(Cl)c3)CN12)NCc1cccs1. The van der Waals surface area contributed by atoms with Gasteiger partial charge in [0.05, 0.1) is 12.6 Å². The Morgan fingerprint density at radius 1 is 1.27 bits per heavy atom. The van der Waals surface area contributed by atoms with Gasteiger partial charge in [0.1, 0.15) is 0 Å². The normalized spacial score (nSPS) is 23.8. The number of piperazine rings is 1. The molecule has 3 atom stereocenters. The third-order valence-corrected chi connectivity index (χ3v) is 6.96. The number of nitrogens with one attached hydrogen (secondary N) is 3. The zero-order valence-electron chi connectivity index (χ0n) is 16.8. The van der Waals surface area contributed by atoms with Crippen molar-refractivity contribution in [2.24, 2.45) is 0 Å². The van der Waals surface area contributed by atoms with Gasteiger partial charge < -0.3 is 16.0 Å². The lowest BCUT2D eigenvalue weighted by atomic mass is 10.0. The highest BCUT2D eigenvalue weighted by molar-refractivity contribution is 7.09. The number of rotatable bonds is 8. The molecular weight excluding hydrogens is 420 g/mol. The molecule has 2 aliphatic heterocycles. The number of benzene rings is 1. The smallest absolute Gasteiger partial charge is 0.237 e. The van der Waals surface area contributed by atoms with Gasteiger partial charge in [0.2, 0.25) is 11.8 Å². The van der Waals surface area contributed by atoms with E-state index < -0.39 is 0 Å². The van der Waals surface area contributed by atoms with Crippen LogP contribution in [0.4, 0.5) is 0 Å². The lowest BCUT2D eigenvalue weighted by Crippen LogP contribution is -2.58. The molecule has 0 saturated carbocycles. The lowest BCUT2D eigenvalue weighted by Gasteiger charge is -2.37. The van der Waals surface area contributed by atoms with Crippen LogP contribution in [0.3, 0.4) is 0 Å². The van der Waals surface area contributed by atoms with Crippen LogP contribution in [0.2, 0.25) is 5.02 Å². The number of fused-ring (bicyclic) bond motifs is 1. The van der Waals surface area contributed by atoms with Crippen LogP contribution in [0.15, 0.2) is 41.8 Å². The van der Waals surface area contributed by atoms with Gasteiger partial charge in [-0.05, 0) is 42.0 Å². The minimum absolute atomic E-state index is 0.0617. The summed E-state index contributed by atoms with van der Waals surface area (Å²) >= 11 is 7.71. The molecule has 2 aliphatic rings. The maximum Gasteiger partial charge on any atom is 0.237 e. The van der Waals surface area contributed by atoms with E-state index in [9.17, 15) is 9.59 Å². The summed E-state index contributed by atoms with van der Waals surface area (Å²) in [7, 11) is 0. The van der Waals surface area contributed by atoms with E-state index in [1.54, 1.807) is 11.3 Å². The number of hydrogen-bond donors (Lipinski definition) is 3. The van der Waals surface area contributed by atoms with E-state index >= 15 is 0 Å². The summed E-state index contributed by atoms with van der Waals surface area (Å²) in [4.78, 5) is 28.1. The molecule has 3 N–H and O–H groups in total. The van der Waals surface area contributed by atoms with E-state index in [0.29, 0.717) is 19.5 Å². The predicted molar refractivity (Wildman–Crippen MR) is 119 cm³/mol. The second-order valence-electron chi connectivity index (χ2n) is 7.95. The monoisotopic (exact) mass is 446 g/mol. The van der Waals surface area contributed by atoms with E-state index in [4.69, 9.17) is 11.6 Å². The number of carbonyl (C=O) groups excluding carboxylic acids is 2. The van der Waals surface area contributed by atoms with Crippen LogP contribution in [-0.4, -0.2) is 47.9 Å². The van der Waals surface area contributed by atoms with Gasteiger partial charge in [-0.3, -0.25) is 14.5 Å². The summed E-state index contributed by atoms with van der Waals surface area (Å²) in [6, 6.07) is 12.2.